The fraction of sp³-hybridized carbons (Fsp3) is 0.950. The van der Waals surface area contributed by atoms with Crippen molar-refractivity contribution in [2.75, 3.05) is 26.2 Å². The third-order valence-electron chi connectivity index (χ3n) is 9.86. The second-order valence-corrected chi connectivity index (χ2v) is 14.0. The Bertz CT molecular complexity index is 554. The summed E-state index contributed by atoms with van der Waals surface area (Å²) in [5.74, 6) is 0. The van der Waals surface area contributed by atoms with Gasteiger partial charge in [0.05, 0.1) is 13.1 Å². The van der Waals surface area contributed by atoms with Crippen LogP contribution in [-0.4, -0.2) is 30.7 Å². The Morgan fingerprint density at radius 2 is 0.643 bits per heavy atom. The van der Waals surface area contributed by atoms with Gasteiger partial charge in [-0.1, -0.05) is 194 Å². The average molecular weight is 589 g/mol. The molecule has 0 aromatic heterocycles. The Labute approximate surface area is 266 Å². The molecule has 0 spiro atoms. The maximum atomic E-state index is 5.41. The molecule has 0 saturated carbocycles. The molecule has 0 aromatic carbocycles. The molecule has 1 rings (SSSR count). The third-order valence-corrected chi connectivity index (χ3v) is 9.86. The lowest BCUT2D eigenvalue weighted by atomic mass is 10.0. The van der Waals surface area contributed by atoms with Gasteiger partial charge in [0.1, 0.15) is 6.54 Å². The Balaban J connectivity index is 1.91. The predicted octanol–water partition coefficient (Wildman–Crippen LogP) is 13.3. The Kier molecular flexibility index (Phi) is 29.7. The molecule has 0 radical (unpaired) electrons. The lowest BCUT2D eigenvalue weighted by molar-refractivity contribution is -0.867. The molecule has 2 heteroatoms. The van der Waals surface area contributed by atoms with E-state index < -0.39 is 0 Å². The Morgan fingerprint density at radius 1 is 0.381 bits per heavy atom. The van der Waals surface area contributed by atoms with E-state index in [1.54, 1.807) is 0 Å². The number of nitrogens with zero attached hydrogens (tertiary/aromatic N) is 1. The number of rotatable bonds is 34. The monoisotopic (exact) mass is 589 g/mol. The molecule has 0 bridgehead atoms. The predicted molar refractivity (Wildman–Crippen MR) is 188 cm³/mol. The van der Waals surface area contributed by atoms with Crippen LogP contribution in [0, 0.1) is 12.2 Å². The van der Waals surface area contributed by atoms with Crippen LogP contribution < -0.4 is 0 Å². The largest absolute Gasteiger partial charge is 0.437 e. The summed E-state index contributed by atoms with van der Waals surface area (Å²) in [7, 11) is 0. The molecule has 248 valence electrons. The lowest BCUT2D eigenvalue weighted by Crippen LogP contribution is -2.48. The molecule has 0 N–H and O–H groups in total. The van der Waals surface area contributed by atoms with Gasteiger partial charge in [-0.15, -0.1) is 0 Å². The van der Waals surface area contributed by atoms with Crippen molar-refractivity contribution in [2.24, 2.45) is 0 Å². The van der Waals surface area contributed by atoms with Crippen LogP contribution in [0.3, 0.4) is 0 Å². The summed E-state index contributed by atoms with van der Waals surface area (Å²) in [4.78, 5) is 0. The summed E-state index contributed by atoms with van der Waals surface area (Å²) in [5, 5.41) is 0. The van der Waals surface area contributed by atoms with E-state index in [0.717, 1.165) is 17.6 Å². The van der Waals surface area contributed by atoms with Gasteiger partial charge >= 0.3 is 0 Å². The standard InChI is InChI=1S/C40H78NO/c1-3-5-7-9-11-13-15-17-19-21-23-25-27-29-31-33-35-41(37-39-42-40-38-41)36-34-32-30-28-26-24-22-20-18-16-14-12-10-8-6-4-2/h3-37,39H2,1-2H3/q+1. The molecule has 2 nitrogen and oxygen atoms in total. The zero-order valence-electron chi connectivity index (χ0n) is 29.3. The van der Waals surface area contributed by atoms with Gasteiger partial charge in [-0.25, -0.2) is 4.48 Å². The van der Waals surface area contributed by atoms with E-state index in [1.165, 1.54) is 219 Å². The van der Waals surface area contributed by atoms with Crippen molar-refractivity contribution in [3.63, 3.8) is 0 Å². The third kappa shape index (κ3) is 25.8. The van der Waals surface area contributed by atoms with Crippen LogP contribution in [0.2, 0.25) is 0 Å². The van der Waals surface area contributed by atoms with Gasteiger partial charge in [-0.3, -0.25) is 0 Å². The van der Waals surface area contributed by atoms with E-state index in [2.05, 4.69) is 26.0 Å². The Morgan fingerprint density at radius 3 is 0.881 bits per heavy atom. The van der Waals surface area contributed by atoms with Crippen LogP contribution in [0.5, 0.6) is 0 Å². The van der Waals surface area contributed by atoms with Crippen molar-refractivity contribution in [2.45, 2.75) is 219 Å². The molecular weight excluding hydrogens is 510 g/mol. The summed E-state index contributed by atoms with van der Waals surface area (Å²) >= 11 is 0. The van der Waals surface area contributed by atoms with Gasteiger partial charge in [-0.2, -0.15) is 0 Å². The summed E-state index contributed by atoms with van der Waals surface area (Å²) < 4.78 is 6.42. The lowest BCUT2D eigenvalue weighted by Gasteiger charge is -2.32. The van der Waals surface area contributed by atoms with Gasteiger partial charge in [0, 0.05) is 0 Å². The number of ether oxygens (including phenoxy) is 1. The van der Waals surface area contributed by atoms with Crippen LogP contribution in [0.15, 0.2) is 0 Å². The van der Waals surface area contributed by atoms with Gasteiger partial charge < -0.3 is 4.74 Å². The zero-order valence-corrected chi connectivity index (χ0v) is 29.3. The van der Waals surface area contributed by atoms with E-state index in [0.29, 0.717) is 0 Å². The topological polar surface area (TPSA) is 9.23 Å². The smallest absolute Gasteiger partial charge is 0.181 e. The van der Waals surface area contributed by atoms with Crippen molar-refractivity contribution in [1.29, 1.82) is 0 Å². The number of hydrogen-bond acceptors (Lipinski definition) is 1. The summed E-state index contributed by atoms with van der Waals surface area (Å²) in [5.41, 5.74) is 0. The van der Waals surface area contributed by atoms with Crippen LogP contribution >= 0.6 is 0 Å². The molecule has 0 aliphatic carbocycles. The number of quaternary nitrogens is 1. The first-order valence-electron chi connectivity index (χ1n) is 19.8. The maximum absolute atomic E-state index is 5.41. The molecule has 1 aliphatic rings. The second-order valence-electron chi connectivity index (χ2n) is 14.0. The summed E-state index contributed by atoms with van der Waals surface area (Å²) in [6.07, 6.45) is 49.0. The second kappa shape index (κ2) is 31.7. The van der Waals surface area contributed by atoms with Crippen molar-refractivity contribution in [1.82, 2.24) is 0 Å². The molecule has 0 unspecified atom stereocenters. The minimum absolute atomic E-state index is 0.824. The summed E-state index contributed by atoms with van der Waals surface area (Å²) in [6, 6.07) is 3.50. The molecular formula is C40H78NO+. The average Bonchev–Trinajstić information content (AvgIpc) is 3.01. The fourth-order valence-electron chi connectivity index (χ4n) is 6.83. The van der Waals surface area contributed by atoms with Crippen molar-refractivity contribution >= 4 is 0 Å². The molecule has 0 amide bonds. The van der Waals surface area contributed by atoms with Crippen molar-refractivity contribution in [3.8, 4) is 12.2 Å². The highest BCUT2D eigenvalue weighted by Gasteiger charge is 2.27. The summed E-state index contributed by atoms with van der Waals surface area (Å²) in [6.45, 7) is 9.02. The molecule has 0 fully saturated rings. The minimum Gasteiger partial charge on any atom is -0.437 e. The normalized spacial score (nSPS) is 14.0. The highest BCUT2D eigenvalue weighted by atomic mass is 16.5. The molecule has 42 heavy (non-hydrogen) atoms. The molecule has 0 saturated heterocycles. The van der Waals surface area contributed by atoms with Crippen LogP contribution in [0.25, 0.3) is 0 Å². The van der Waals surface area contributed by atoms with Crippen LogP contribution in [-0.2, 0) is 4.74 Å². The van der Waals surface area contributed by atoms with Gasteiger partial charge in [0.2, 0.25) is 0 Å². The first-order chi connectivity index (χ1) is 20.8. The first kappa shape index (κ1) is 39.3. The number of hydrogen-bond donors (Lipinski definition) is 0. The first-order valence-corrected chi connectivity index (χ1v) is 19.8. The van der Waals surface area contributed by atoms with Crippen LogP contribution in [0.4, 0.5) is 0 Å². The van der Waals surface area contributed by atoms with E-state index in [4.69, 9.17) is 4.74 Å². The molecule has 1 aliphatic heterocycles. The maximum Gasteiger partial charge on any atom is 0.181 e. The van der Waals surface area contributed by atoms with Crippen LogP contribution in [0.1, 0.15) is 219 Å². The van der Waals surface area contributed by atoms with Gasteiger partial charge in [-0.05, 0) is 25.7 Å². The van der Waals surface area contributed by atoms with E-state index >= 15 is 0 Å². The van der Waals surface area contributed by atoms with Crippen molar-refractivity contribution < 1.29 is 9.22 Å². The molecule has 0 aromatic rings. The zero-order chi connectivity index (χ0) is 30.1. The van der Waals surface area contributed by atoms with E-state index in [1.807, 2.05) is 0 Å². The van der Waals surface area contributed by atoms with E-state index in [-0.39, 0.29) is 0 Å². The SMILES string of the molecule is CCCCCCCCCCCCCCCCCC[N+]1(CCCCCCCCCCCCCCCCCC)C#COCC1. The molecule has 0 atom stereocenters. The molecule has 1 heterocycles. The fourth-order valence-corrected chi connectivity index (χ4v) is 6.83. The van der Waals surface area contributed by atoms with Gasteiger partial charge in [0.15, 0.2) is 18.8 Å². The minimum atomic E-state index is 0.824. The highest BCUT2D eigenvalue weighted by Crippen LogP contribution is 2.18. The highest BCUT2D eigenvalue weighted by molar-refractivity contribution is 4.86. The number of unbranched alkanes of at least 4 members (excludes halogenated alkanes) is 30. The van der Waals surface area contributed by atoms with Crippen molar-refractivity contribution in [3.05, 3.63) is 0 Å². The van der Waals surface area contributed by atoms with E-state index in [9.17, 15) is 0 Å². The quantitative estimate of drug-likeness (QED) is 0.0412. The Hall–Kier alpha value is -0.680. The van der Waals surface area contributed by atoms with Gasteiger partial charge in [0.25, 0.3) is 0 Å².